The van der Waals surface area contributed by atoms with Crippen LogP contribution in [0.3, 0.4) is 0 Å². The molecule has 0 unspecified atom stereocenters. The third kappa shape index (κ3) is 4.42. The molecule has 0 bridgehead atoms. The van der Waals surface area contributed by atoms with Crippen molar-refractivity contribution in [2.75, 3.05) is 7.11 Å². The second kappa shape index (κ2) is 11.3. The molecule has 46 heavy (non-hydrogen) atoms. The van der Waals surface area contributed by atoms with E-state index in [0.717, 1.165) is 33.6 Å². The highest BCUT2D eigenvalue weighted by atomic mass is 16.5. The molecule has 0 radical (unpaired) electrons. The summed E-state index contributed by atoms with van der Waals surface area (Å²) in [5, 5.41) is 10.2. The topological polar surface area (TPSA) is 14.2 Å². The van der Waals surface area contributed by atoms with Gasteiger partial charge in [0.1, 0.15) is 5.75 Å². The maximum absolute atomic E-state index is 5.74. The number of ether oxygens (including phenoxy) is 1. The summed E-state index contributed by atoms with van der Waals surface area (Å²) in [7, 11) is 1.71. The van der Waals surface area contributed by atoms with Crippen LogP contribution >= 0.6 is 0 Å². The first-order chi connectivity index (χ1) is 22.7. The van der Waals surface area contributed by atoms with Crippen molar-refractivity contribution in [3.63, 3.8) is 0 Å². The van der Waals surface area contributed by atoms with Crippen molar-refractivity contribution in [3.05, 3.63) is 164 Å². The Bertz CT molecular complexity index is 2510. The Labute approximate surface area is 268 Å². The molecule has 0 atom stereocenters. The molecule has 7 aromatic carbocycles. The minimum atomic E-state index is 0.804. The third-order valence-corrected chi connectivity index (χ3v) is 9.14. The number of methoxy groups -OCH3 is 1. The highest BCUT2D eigenvalue weighted by molar-refractivity contribution is 6.25. The fourth-order valence-electron chi connectivity index (χ4n) is 6.98. The van der Waals surface area contributed by atoms with Gasteiger partial charge in [0, 0.05) is 22.0 Å². The van der Waals surface area contributed by atoms with E-state index in [-0.39, 0.29) is 0 Å². The van der Waals surface area contributed by atoms with Crippen LogP contribution in [0.1, 0.15) is 12.5 Å². The SMILES string of the molecule is C=C(/C=C\C=C/C)c1cc(-n2c3ccccc3c3cc(-c4ccc5c6ccccc6c6ccccc6c5c4)ccc32)ccc1OC. The molecule has 0 amide bonds. The van der Waals surface area contributed by atoms with Crippen LogP contribution in [-0.4, -0.2) is 11.7 Å². The summed E-state index contributed by atoms with van der Waals surface area (Å²) in [6, 6.07) is 46.3. The molecule has 2 heteroatoms. The average molecular weight is 592 g/mol. The standard InChI is InChI=1S/C44H33NO/c1-4-5-6-13-29(2)39-28-32(22-25-44(39)46-3)45-42-19-12-11-18-38(42)41-27-31(21-24-43(41)45)30-20-23-37-35-16-8-7-14-33(35)34-15-9-10-17-36(34)40(37)26-30/h4-28H,2H2,1,3H3/b5-4-,13-6-. The Kier molecular flexibility index (Phi) is 6.77. The predicted octanol–water partition coefficient (Wildman–Crippen LogP) is 12.1. The van der Waals surface area contributed by atoms with Gasteiger partial charge in [0.25, 0.3) is 0 Å². The molecule has 2 nitrogen and oxygen atoms in total. The van der Waals surface area contributed by atoms with Crippen LogP contribution in [-0.2, 0) is 0 Å². The number of hydrogen-bond donors (Lipinski definition) is 0. The summed E-state index contributed by atoms with van der Waals surface area (Å²) >= 11 is 0. The molecule has 0 aliphatic heterocycles. The second-order valence-corrected chi connectivity index (χ2v) is 11.7. The van der Waals surface area contributed by atoms with E-state index in [1.807, 2.05) is 37.3 Å². The van der Waals surface area contributed by atoms with Gasteiger partial charge in [-0.2, -0.15) is 0 Å². The van der Waals surface area contributed by atoms with E-state index in [4.69, 9.17) is 4.74 Å². The Hall–Kier alpha value is -5.86. The van der Waals surface area contributed by atoms with E-state index in [1.54, 1.807) is 7.11 Å². The van der Waals surface area contributed by atoms with Gasteiger partial charge >= 0.3 is 0 Å². The fourth-order valence-corrected chi connectivity index (χ4v) is 6.98. The number of rotatable bonds is 6. The Morgan fingerprint density at radius 3 is 1.80 bits per heavy atom. The van der Waals surface area contributed by atoms with Gasteiger partial charge in [-0.25, -0.2) is 0 Å². The molecular weight excluding hydrogens is 558 g/mol. The molecule has 0 N–H and O–H groups in total. The molecule has 1 heterocycles. The predicted molar refractivity (Wildman–Crippen MR) is 198 cm³/mol. The lowest BCUT2D eigenvalue weighted by atomic mass is 9.92. The minimum absolute atomic E-state index is 0.804. The number of fused-ring (bicyclic) bond motifs is 9. The number of aromatic nitrogens is 1. The van der Waals surface area contributed by atoms with Crippen molar-refractivity contribution < 1.29 is 4.74 Å². The maximum Gasteiger partial charge on any atom is 0.126 e. The van der Waals surface area contributed by atoms with E-state index in [1.165, 1.54) is 54.2 Å². The van der Waals surface area contributed by atoms with Crippen LogP contribution in [0.25, 0.3) is 76.5 Å². The van der Waals surface area contributed by atoms with E-state index < -0.39 is 0 Å². The molecule has 8 aromatic rings. The quantitative estimate of drug-likeness (QED) is 0.139. The van der Waals surface area contributed by atoms with Gasteiger partial charge in [-0.3, -0.25) is 0 Å². The van der Waals surface area contributed by atoms with Gasteiger partial charge in [0.05, 0.1) is 18.1 Å². The number of nitrogens with zero attached hydrogens (tertiary/aromatic N) is 1. The second-order valence-electron chi connectivity index (χ2n) is 11.7. The molecule has 0 aliphatic carbocycles. The van der Waals surface area contributed by atoms with Gasteiger partial charge in [0.15, 0.2) is 0 Å². The van der Waals surface area contributed by atoms with Crippen molar-refractivity contribution in [3.8, 4) is 22.6 Å². The molecule has 8 rings (SSSR count). The van der Waals surface area contributed by atoms with Crippen LogP contribution in [0, 0.1) is 0 Å². The highest BCUT2D eigenvalue weighted by Gasteiger charge is 2.16. The van der Waals surface area contributed by atoms with Crippen LogP contribution < -0.4 is 4.74 Å². The van der Waals surface area contributed by atoms with Crippen LogP contribution in [0.15, 0.2) is 158 Å². The van der Waals surface area contributed by atoms with Crippen LogP contribution in [0.5, 0.6) is 5.75 Å². The van der Waals surface area contributed by atoms with E-state index in [2.05, 4.69) is 132 Å². The lowest BCUT2D eigenvalue weighted by Crippen LogP contribution is -1.97. The summed E-state index contributed by atoms with van der Waals surface area (Å²) < 4.78 is 8.09. The fraction of sp³-hybridized carbons (Fsp3) is 0.0455. The molecule has 0 fully saturated rings. The first-order valence-corrected chi connectivity index (χ1v) is 15.7. The van der Waals surface area contributed by atoms with Gasteiger partial charge < -0.3 is 9.30 Å². The molecule has 1 aromatic heterocycles. The van der Waals surface area contributed by atoms with Crippen LogP contribution in [0.2, 0.25) is 0 Å². The first kappa shape index (κ1) is 27.7. The molecular formula is C44H33NO. The van der Waals surface area contributed by atoms with Gasteiger partial charge in [-0.15, -0.1) is 0 Å². The zero-order chi connectivity index (χ0) is 31.2. The van der Waals surface area contributed by atoms with Gasteiger partial charge in [0.2, 0.25) is 0 Å². The van der Waals surface area contributed by atoms with Crippen molar-refractivity contribution in [2.45, 2.75) is 6.92 Å². The Morgan fingerprint density at radius 1 is 0.565 bits per heavy atom. The molecule has 0 saturated heterocycles. The number of hydrogen-bond acceptors (Lipinski definition) is 1. The highest BCUT2D eigenvalue weighted by Crippen LogP contribution is 2.40. The van der Waals surface area contributed by atoms with Crippen LogP contribution in [0.4, 0.5) is 0 Å². The minimum Gasteiger partial charge on any atom is -0.496 e. The number of para-hydroxylation sites is 1. The Balaban J connectivity index is 1.32. The Morgan fingerprint density at radius 2 is 1.13 bits per heavy atom. The third-order valence-electron chi connectivity index (χ3n) is 9.14. The normalized spacial score (nSPS) is 12.0. The van der Waals surface area contributed by atoms with E-state index >= 15 is 0 Å². The van der Waals surface area contributed by atoms with Crippen molar-refractivity contribution in [2.24, 2.45) is 0 Å². The maximum atomic E-state index is 5.74. The zero-order valence-electron chi connectivity index (χ0n) is 26.0. The van der Waals surface area contributed by atoms with Gasteiger partial charge in [-0.05, 0) is 98.4 Å². The van der Waals surface area contributed by atoms with E-state index in [0.29, 0.717) is 0 Å². The summed E-state index contributed by atoms with van der Waals surface area (Å²) in [6.45, 7) is 6.35. The van der Waals surface area contributed by atoms with Crippen molar-refractivity contribution >= 4 is 59.7 Å². The summed E-state index contributed by atoms with van der Waals surface area (Å²) in [5.74, 6) is 0.804. The molecule has 0 saturated carbocycles. The average Bonchev–Trinajstić information content (AvgIpc) is 3.45. The lowest BCUT2D eigenvalue weighted by Gasteiger charge is -2.14. The largest absolute Gasteiger partial charge is 0.496 e. The van der Waals surface area contributed by atoms with Crippen molar-refractivity contribution in [1.29, 1.82) is 0 Å². The van der Waals surface area contributed by atoms with Gasteiger partial charge in [-0.1, -0.05) is 116 Å². The molecule has 0 aliphatic rings. The molecule has 0 spiro atoms. The van der Waals surface area contributed by atoms with Crippen molar-refractivity contribution in [1.82, 2.24) is 4.57 Å². The number of benzene rings is 7. The first-order valence-electron chi connectivity index (χ1n) is 15.7. The summed E-state index contributed by atoms with van der Waals surface area (Å²) in [5.41, 5.74) is 7.68. The monoisotopic (exact) mass is 591 g/mol. The smallest absolute Gasteiger partial charge is 0.126 e. The lowest BCUT2D eigenvalue weighted by molar-refractivity contribution is 0.413. The number of allylic oxidation sites excluding steroid dienone is 5. The zero-order valence-corrected chi connectivity index (χ0v) is 26.0. The summed E-state index contributed by atoms with van der Waals surface area (Å²) in [6.07, 6.45) is 8.04. The molecule has 220 valence electrons. The van der Waals surface area contributed by atoms with E-state index in [9.17, 15) is 0 Å². The summed E-state index contributed by atoms with van der Waals surface area (Å²) in [4.78, 5) is 0.